The normalized spacial score (nSPS) is 29.4. The molecule has 3 aliphatic heterocycles. The number of ether oxygens (including phenoxy) is 1. The van der Waals surface area contributed by atoms with Gasteiger partial charge in [-0.3, -0.25) is 14.4 Å². The zero-order valence-electron chi connectivity index (χ0n) is 25.7. The molecule has 10 heteroatoms. The van der Waals surface area contributed by atoms with Crippen molar-refractivity contribution < 1.29 is 24.2 Å². The molecule has 4 fully saturated rings. The number of anilines is 1. The second-order valence-corrected chi connectivity index (χ2v) is 15.1. The van der Waals surface area contributed by atoms with Gasteiger partial charge in [-0.1, -0.05) is 47.3 Å². The summed E-state index contributed by atoms with van der Waals surface area (Å²) in [6.45, 7) is 11.5. The Morgan fingerprint density at radius 3 is 2.45 bits per heavy atom. The minimum Gasteiger partial charge on any atom is -0.494 e. The standard InChI is InChI=1S/C34H46BrN3O5S/c1-4-18-36(24-14-16-25(17-15-24)43-6-3)31(40)27-28-32(41)38(20-10-11-21-39)30(34(28)22-26(35)29(27)44-34)33(42)37(19-5-2)23-12-8-7-9-13-23/h4-5,14-17,23,26-30,39H,1-2,6-13,18-22H2,3H3/t26?,27-,28-,29-,30?,34?/m0/s1. The molecular weight excluding hydrogens is 642 g/mol. The maximum atomic E-state index is 14.8. The summed E-state index contributed by atoms with van der Waals surface area (Å²) in [5, 5.41) is 9.39. The zero-order valence-corrected chi connectivity index (χ0v) is 28.1. The summed E-state index contributed by atoms with van der Waals surface area (Å²) in [5.41, 5.74) is 0.721. The van der Waals surface area contributed by atoms with Gasteiger partial charge < -0.3 is 24.5 Å². The van der Waals surface area contributed by atoms with Crippen molar-refractivity contribution in [2.75, 3.05) is 37.7 Å². The molecule has 1 spiro atoms. The topological polar surface area (TPSA) is 90.4 Å². The minimum atomic E-state index is -0.709. The van der Waals surface area contributed by atoms with Gasteiger partial charge in [-0.15, -0.1) is 24.9 Å². The first-order chi connectivity index (χ1) is 21.3. The van der Waals surface area contributed by atoms with Crippen molar-refractivity contribution in [3.63, 3.8) is 0 Å². The number of aliphatic hydroxyl groups is 1. The summed E-state index contributed by atoms with van der Waals surface area (Å²) in [6, 6.07) is 6.91. The predicted octanol–water partition coefficient (Wildman–Crippen LogP) is 5.19. The maximum Gasteiger partial charge on any atom is 0.247 e. The number of hydrogen-bond donors (Lipinski definition) is 1. The fourth-order valence-electron chi connectivity index (χ4n) is 7.95. The smallest absolute Gasteiger partial charge is 0.247 e. The lowest BCUT2D eigenvalue weighted by atomic mass is 9.70. The van der Waals surface area contributed by atoms with Crippen LogP contribution in [-0.2, 0) is 14.4 Å². The van der Waals surface area contributed by atoms with Crippen LogP contribution in [0.1, 0.15) is 58.3 Å². The maximum absolute atomic E-state index is 14.8. The average Bonchev–Trinajstić information content (AvgIpc) is 3.62. The number of amides is 3. The fourth-order valence-corrected chi connectivity index (χ4v) is 11.6. The van der Waals surface area contributed by atoms with E-state index < -0.39 is 22.6 Å². The van der Waals surface area contributed by atoms with Crippen molar-refractivity contribution in [3.8, 4) is 5.75 Å². The Morgan fingerprint density at radius 1 is 1.11 bits per heavy atom. The predicted molar refractivity (Wildman–Crippen MR) is 179 cm³/mol. The van der Waals surface area contributed by atoms with E-state index in [4.69, 9.17) is 4.74 Å². The molecule has 1 saturated carbocycles. The van der Waals surface area contributed by atoms with E-state index in [1.165, 1.54) is 6.42 Å². The van der Waals surface area contributed by atoms with E-state index in [0.717, 1.165) is 37.1 Å². The number of benzene rings is 1. The molecule has 3 heterocycles. The van der Waals surface area contributed by atoms with E-state index in [0.29, 0.717) is 45.5 Å². The highest BCUT2D eigenvalue weighted by Crippen LogP contribution is 2.68. The van der Waals surface area contributed by atoms with Crippen LogP contribution in [0.5, 0.6) is 5.75 Å². The first kappa shape index (κ1) is 33.1. The molecule has 44 heavy (non-hydrogen) atoms. The summed E-state index contributed by atoms with van der Waals surface area (Å²) in [6.07, 6.45) is 10.5. The monoisotopic (exact) mass is 687 g/mol. The summed E-state index contributed by atoms with van der Waals surface area (Å²) in [4.78, 5) is 49.3. The van der Waals surface area contributed by atoms with Gasteiger partial charge in [0.25, 0.3) is 0 Å². The zero-order chi connectivity index (χ0) is 31.4. The fraction of sp³-hybridized carbons (Fsp3) is 0.618. The van der Waals surface area contributed by atoms with E-state index in [1.54, 1.807) is 33.7 Å². The number of halogens is 1. The summed E-state index contributed by atoms with van der Waals surface area (Å²) >= 11 is 5.57. The number of unbranched alkanes of at least 4 members (excludes halogenated alkanes) is 1. The first-order valence-corrected chi connectivity index (χ1v) is 17.9. The van der Waals surface area contributed by atoms with Crippen LogP contribution >= 0.6 is 27.7 Å². The Kier molecular flexibility index (Phi) is 10.8. The molecule has 4 aliphatic rings. The van der Waals surface area contributed by atoms with Crippen LogP contribution in [0.2, 0.25) is 0 Å². The van der Waals surface area contributed by atoms with Crippen molar-refractivity contribution in [1.82, 2.24) is 9.80 Å². The highest BCUT2D eigenvalue weighted by Gasteiger charge is 2.76. The first-order valence-electron chi connectivity index (χ1n) is 16.1. The lowest BCUT2D eigenvalue weighted by Crippen LogP contribution is -2.57. The van der Waals surface area contributed by atoms with Crippen LogP contribution in [0, 0.1) is 11.8 Å². The third-order valence-corrected chi connectivity index (χ3v) is 13.0. The van der Waals surface area contributed by atoms with Crippen LogP contribution in [0.3, 0.4) is 0 Å². The van der Waals surface area contributed by atoms with Crippen molar-refractivity contribution in [1.29, 1.82) is 0 Å². The van der Waals surface area contributed by atoms with Gasteiger partial charge in [0.15, 0.2) is 0 Å². The van der Waals surface area contributed by atoms with Crippen molar-refractivity contribution >= 4 is 51.1 Å². The van der Waals surface area contributed by atoms with E-state index in [-0.39, 0.29) is 40.4 Å². The van der Waals surface area contributed by atoms with Gasteiger partial charge in [-0.2, -0.15) is 0 Å². The highest BCUT2D eigenvalue weighted by atomic mass is 79.9. The van der Waals surface area contributed by atoms with Gasteiger partial charge in [-0.05, 0) is 63.3 Å². The van der Waals surface area contributed by atoms with Gasteiger partial charge in [0.05, 0.1) is 23.2 Å². The molecule has 1 aliphatic carbocycles. The number of rotatable bonds is 14. The summed E-state index contributed by atoms with van der Waals surface area (Å²) in [5.74, 6) is -0.708. The van der Waals surface area contributed by atoms with Crippen LogP contribution in [0.15, 0.2) is 49.6 Å². The highest BCUT2D eigenvalue weighted by molar-refractivity contribution is 9.09. The molecule has 3 amide bonds. The Balaban J connectivity index is 1.52. The third-order valence-electron chi connectivity index (χ3n) is 9.78. The van der Waals surface area contributed by atoms with Crippen molar-refractivity contribution in [2.45, 2.75) is 85.2 Å². The van der Waals surface area contributed by atoms with E-state index in [1.807, 2.05) is 36.1 Å². The molecule has 0 radical (unpaired) electrons. The average molecular weight is 689 g/mol. The second-order valence-electron chi connectivity index (χ2n) is 12.4. The number of likely N-dealkylation sites (tertiary alicyclic amines) is 1. The van der Waals surface area contributed by atoms with Gasteiger partial charge in [0.1, 0.15) is 11.8 Å². The Hall–Kier alpha value is -2.30. The molecule has 240 valence electrons. The van der Waals surface area contributed by atoms with Crippen LogP contribution in [0.4, 0.5) is 5.69 Å². The Morgan fingerprint density at radius 2 is 1.82 bits per heavy atom. The number of thioether (sulfide) groups is 1. The number of carbonyl (C=O) groups excluding carboxylic acids is 3. The molecule has 1 aromatic carbocycles. The number of nitrogens with zero attached hydrogens (tertiary/aromatic N) is 3. The number of hydrogen-bond acceptors (Lipinski definition) is 6. The molecule has 2 bridgehead atoms. The van der Waals surface area contributed by atoms with Crippen LogP contribution in [-0.4, -0.2) is 92.4 Å². The molecule has 0 aromatic heterocycles. The molecule has 3 saturated heterocycles. The molecule has 1 aromatic rings. The van der Waals surface area contributed by atoms with E-state index in [9.17, 15) is 19.5 Å². The Labute approximate surface area is 274 Å². The molecule has 6 atom stereocenters. The number of fused-ring (bicyclic) bond motifs is 1. The molecule has 1 N–H and O–H groups in total. The van der Waals surface area contributed by atoms with Crippen LogP contribution in [0.25, 0.3) is 0 Å². The van der Waals surface area contributed by atoms with E-state index >= 15 is 0 Å². The lowest BCUT2D eigenvalue weighted by Gasteiger charge is -2.41. The van der Waals surface area contributed by atoms with Gasteiger partial charge in [-0.25, -0.2) is 0 Å². The van der Waals surface area contributed by atoms with Gasteiger partial charge in [0.2, 0.25) is 17.7 Å². The van der Waals surface area contributed by atoms with Gasteiger partial charge >= 0.3 is 0 Å². The van der Waals surface area contributed by atoms with Gasteiger partial charge in [0, 0.05) is 48.0 Å². The second kappa shape index (κ2) is 14.4. The summed E-state index contributed by atoms with van der Waals surface area (Å²) in [7, 11) is 0. The van der Waals surface area contributed by atoms with Crippen molar-refractivity contribution in [3.05, 3.63) is 49.6 Å². The largest absolute Gasteiger partial charge is 0.494 e. The number of alkyl halides is 1. The molecule has 8 nitrogen and oxygen atoms in total. The SMILES string of the molecule is C=CCN(C(=O)[C@H]1[C@H]2C(=O)N(CCCCO)C(C(=O)N(CC=C)C3CCCCC3)C23CC(Br)[C@@H]1S3)c1ccc(OCC)cc1. The molecule has 3 unspecified atom stereocenters. The number of aliphatic hydroxyl groups excluding tert-OH is 1. The van der Waals surface area contributed by atoms with Crippen molar-refractivity contribution in [2.24, 2.45) is 11.8 Å². The quantitative estimate of drug-likeness (QED) is 0.165. The molecular formula is C34H46BrN3O5S. The third kappa shape index (κ3) is 5.98. The lowest BCUT2D eigenvalue weighted by molar-refractivity contribution is -0.144. The molecule has 5 rings (SSSR count). The summed E-state index contributed by atoms with van der Waals surface area (Å²) < 4.78 is 4.90. The van der Waals surface area contributed by atoms with Crippen LogP contribution < -0.4 is 9.64 Å². The Bertz CT molecular complexity index is 1220. The number of carbonyl (C=O) groups is 3. The minimum absolute atomic E-state index is 0.00774. The van der Waals surface area contributed by atoms with E-state index in [2.05, 4.69) is 29.1 Å².